The Kier molecular flexibility index (Phi) is 7.04. The smallest absolute Gasteiger partial charge is 0.253 e. The summed E-state index contributed by atoms with van der Waals surface area (Å²) in [6, 6.07) is 11.7. The molecule has 2 atom stereocenters. The predicted octanol–water partition coefficient (Wildman–Crippen LogP) is 4.47. The molecule has 4 heterocycles. The van der Waals surface area contributed by atoms with E-state index in [1.54, 1.807) is 18.4 Å². The van der Waals surface area contributed by atoms with Gasteiger partial charge >= 0.3 is 0 Å². The minimum Gasteiger partial charge on any atom is -0.497 e. The molecular formula is C27H32N6O3S. The van der Waals surface area contributed by atoms with E-state index >= 15 is 0 Å². The molecule has 0 amide bonds. The summed E-state index contributed by atoms with van der Waals surface area (Å²) in [5.74, 6) is 1.46. The van der Waals surface area contributed by atoms with E-state index in [0.717, 1.165) is 48.9 Å². The van der Waals surface area contributed by atoms with Crippen molar-refractivity contribution in [3.05, 3.63) is 68.4 Å². The number of rotatable bonds is 9. The lowest BCUT2D eigenvalue weighted by atomic mass is 10.0. The zero-order valence-corrected chi connectivity index (χ0v) is 21.8. The van der Waals surface area contributed by atoms with E-state index in [1.165, 1.54) is 17.7 Å². The zero-order chi connectivity index (χ0) is 25.2. The predicted molar refractivity (Wildman–Crippen MR) is 142 cm³/mol. The Labute approximate surface area is 219 Å². The molecule has 2 unspecified atom stereocenters. The first-order chi connectivity index (χ1) is 18.2. The van der Waals surface area contributed by atoms with Crippen molar-refractivity contribution in [3.63, 3.8) is 0 Å². The monoisotopic (exact) mass is 520 g/mol. The summed E-state index contributed by atoms with van der Waals surface area (Å²) < 4.78 is 13.5. The van der Waals surface area contributed by atoms with E-state index in [-0.39, 0.29) is 17.7 Å². The quantitative estimate of drug-likeness (QED) is 0.348. The number of tetrazole rings is 1. The third-order valence-corrected chi connectivity index (χ3v) is 8.44. The molecule has 1 saturated heterocycles. The van der Waals surface area contributed by atoms with Crippen LogP contribution in [0.3, 0.4) is 0 Å². The number of hydrogen-bond donors (Lipinski definition) is 1. The lowest BCUT2D eigenvalue weighted by molar-refractivity contribution is 0.0574. The SMILES string of the molecule is COc1ccc2[nH]c(=O)c(C(c3nnnn3C3CCCC3)N(Cc3cccs3)CC3CCCO3)cc2c1. The fourth-order valence-electron chi connectivity index (χ4n) is 5.73. The van der Waals surface area contributed by atoms with Gasteiger partial charge in [0.2, 0.25) is 0 Å². The van der Waals surface area contributed by atoms with Gasteiger partial charge in [0.05, 0.1) is 19.3 Å². The number of nitrogens with one attached hydrogen (secondary N) is 1. The van der Waals surface area contributed by atoms with Crippen LogP contribution < -0.4 is 10.3 Å². The highest BCUT2D eigenvalue weighted by Gasteiger charge is 2.35. The number of thiophene rings is 1. The van der Waals surface area contributed by atoms with Crippen LogP contribution in [0, 0.1) is 0 Å². The van der Waals surface area contributed by atoms with Crippen molar-refractivity contribution in [3.8, 4) is 5.75 Å². The third kappa shape index (κ3) is 5.05. The summed E-state index contributed by atoms with van der Waals surface area (Å²) in [7, 11) is 1.65. The van der Waals surface area contributed by atoms with Crippen molar-refractivity contribution in [1.29, 1.82) is 0 Å². The van der Waals surface area contributed by atoms with Crippen molar-refractivity contribution in [2.75, 3.05) is 20.3 Å². The molecule has 0 bridgehead atoms. The van der Waals surface area contributed by atoms with Crippen LogP contribution in [0.15, 0.2) is 46.6 Å². The molecule has 9 nitrogen and oxygen atoms in total. The summed E-state index contributed by atoms with van der Waals surface area (Å²) in [6.07, 6.45) is 6.60. The molecule has 0 spiro atoms. The average molecular weight is 521 g/mol. The molecule has 194 valence electrons. The molecule has 2 fully saturated rings. The van der Waals surface area contributed by atoms with E-state index in [1.807, 2.05) is 28.9 Å². The van der Waals surface area contributed by atoms with Crippen LogP contribution in [0.4, 0.5) is 0 Å². The summed E-state index contributed by atoms with van der Waals surface area (Å²) in [5, 5.41) is 16.1. The van der Waals surface area contributed by atoms with E-state index in [9.17, 15) is 4.79 Å². The Bertz CT molecular complexity index is 1390. The van der Waals surface area contributed by atoms with Gasteiger partial charge in [0.25, 0.3) is 5.56 Å². The maximum Gasteiger partial charge on any atom is 0.253 e. The molecule has 1 aromatic carbocycles. The number of aromatic amines is 1. The minimum atomic E-state index is -0.429. The number of methoxy groups -OCH3 is 1. The lowest BCUT2D eigenvalue weighted by Gasteiger charge is -2.33. The van der Waals surface area contributed by atoms with Crippen LogP contribution in [0.2, 0.25) is 0 Å². The van der Waals surface area contributed by atoms with Gasteiger partial charge in [0.15, 0.2) is 5.82 Å². The summed E-state index contributed by atoms with van der Waals surface area (Å²) in [4.78, 5) is 20.3. The summed E-state index contributed by atoms with van der Waals surface area (Å²) in [5.41, 5.74) is 1.27. The molecule has 1 aliphatic heterocycles. The number of nitrogens with zero attached hydrogens (tertiary/aromatic N) is 5. The average Bonchev–Trinajstić information content (AvgIpc) is 3.73. The normalized spacial score (nSPS) is 19.2. The van der Waals surface area contributed by atoms with Crippen LogP contribution in [0.5, 0.6) is 5.75 Å². The van der Waals surface area contributed by atoms with Crippen molar-refractivity contribution in [2.45, 2.75) is 63.3 Å². The number of hydrogen-bond acceptors (Lipinski definition) is 8. The van der Waals surface area contributed by atoms with Crippen molar-refractivity contribution in [1.82, 2.24) is 30.1 Å². The molecule has 3 aromatic heterocycles. The molecule has 1 aliphatic carbocycles. The number of aromatic nitrogens is 5. The zero-order valence-electron chi connectivity index (χ0n) is 21.0. The van der Waals surface area contributed by atoms with Gasteiger partial charge in [-0.25, -0.2) is 4.68 Å². The molecule has 10 heteroatoms. The first-order valence-electron chi connectivity index (χ1n) is 13.1. The van der Waals surface area contributed by atoms with Crippen LogP contribution in [-0.4, -0.2) is 56.5 Å². The number of ether oxygens (including phenoxy) is 2. The van der Waals surface area contributed by atoms with Crippen LogP contribution in [-0.2, 0) is 11.3 Å². The van der Waals surface area contributed by atoms with E-state index in [2.05, 4.69) is 42.9 Å². The third-order valence-electron chi connectivity index (χ3n) is 7.57. The fraction of sp³-hybridized carbons (Fsp3) is 0.481. The maximum absolute atomic E-state index is 13.7. The van der Waals surface area contributed by atoms with Gasteiger partial charge in [-0.3, -0.25) is 9.69 Å². The Morgan fingerprint density at radius 3 is 2.86 bits per heavy atom. The number of benzene rings is 1. The standard InChI is InChI=1S/C27H32N6O3S/c1-35-20-10-11-24-18(14-20)15-23(27(34)28-24)25(26-29-30-31-33(26)19-6-2-3-7-19)32(16-21-8-4-12-36-21)17-22-9-5-13-37-22/h5,9-11,13-15,19,21,25H,2-4,6-8,12,16-17H2,1H3,(H,28,34). The summed E-state index contributed by atoms with van der Waals surface area (Å²) in [6.45, 7) is 2.14. The Balaban J connectivity index is 1.50. The van der Waals surface area contributed by atoms with Gasteiger partial charge in [0.1, 0.15) is 11.8 Å². The molecular weight excluding hydrogens is 488 g/mol. The number of fused-ring (bicyclic) bond motifs is 1. The first kappa shape index (κ1) is 24.3. The topological polar surface area (TPSA) is 98.2 Å². The van der Waals surface area contributed by atoms with Gasteiger partial charge in [0, 0.05) is 41.0 Å². The highest BCUT2D eigenvalue weighted by molar-refractivity contribution is 7.09. The van der Waals surface area contributed by atoms with Gasteiger partial charge in [-0.2, -0.15) is 0 Å². The molecule has 1 saturated carbocycles. The highest BCUT2D eigenvalue weighted by atomic mass is 32.1. The van der Waals surface area contributed by atoms with Crippen molar-refractivity contribution in [2.24, 2.45) is 0 Å². The summed E-state index contributed by atoms with van der Waals surface area (Å²) >= 11 is 1.72. The van der Waals surface area contributed by atoms with E-state index in [4.69, 9.17) is 9.47 Å². The van der Waals surface area contributed by atoms with E-state index < -0.39 is 6.04 Å². The van der Waals surface area contributed by atoms with Crippen molar-refractivity contribution >= 4 is 22.2 Å². The highest BCUT2D eigenvalue weighted by Crippen LogP contribution is 2.35. The van der Waals surface area contributed by atoms with Gasteiger partial charge in [-0.05, 0) is 71.8 Å². The van der Waals surface area contributed by atoms with Crippen LogP contribution in [0.25, 0.3) is 10.9 Å². The number of pyridine rings is 1. The van der Waals surface area contributed by atoms with Gasteiger partial charge in [-0.1, -0.05) is 18.9 Å². The second-order valence-electron chi connectivity index (χ2n) is 9.97. The molecule has 37 heavy (non-hydrogen) atoms. The maximum atomic E-state index is 13.7. The van der Waals surface area contributed by atoms with Crippen LogP contribution >= 0.6 is 11.3 Å². The largest absolute Gasteiger partial charge is 0.497 e. The fourth-order valence-corrected chi connectivity index (χ4v) is 6.46. The Hall–Kier alpha value is -3.08. The second-order valence-corrected chi connectivity index (χ2v) is 11.0. The second kappa shape index (κ2) is 10.7. The molecule has 0 radical (unpaired) electrons. The molecule has 2 aliphatic rings. The van der Waals surface area contributed by atoms with E-state index in [0.29, 0.717) is 24.5 Å². The molecule has 6 rings (SSSR count). The lowest BCUT2D eigenvalue weighted by Crippen LogP contribution is -2.39. The Morgan fingerprint density at radius 1 is 1.22 bits per heavy atom. The van der Waals surface area contributed by atoms with Gasteiger partial charge < -0.3 is 14.5 Å². The first-order valence-corrected chi connectivity index (χ1v) is 13.9. The molecule has 4 aromatic rings. The van der Waals surface area contributed by atoms with Crippen molar-refractivity contribution < 1.29 is 9.47 Å². The van der Waals surface area contributed by atoms with Crippen LogP contribution in [0.1, 0.15) is 66.9 Å². The molecule has 1 N–H and O–H groups in total. The minimum absolute atomic E-state index is 0.109. The number of H-pyrrole nitrogens is 1. The van der Waals surface area contributed by atoms with Gasteiger partial charge in [-0.15, -0.1) is 16.4 Å². The Morgan fingerprint density at radius 2 is 2.11 bits per heavy atom.